The standard InChI is InChI=1S/C21H24BrFN2O.2ClH/c22-18-5-6-21(26-14-16-3-1-2-4-19(16)23)17(11-18)12-24-20-13-25-9-7-15(20)8-10-25;;/h1-6,11,15,20,24H,7-10,12-14H2;2*1H. The lowest BCUT2D eigenvalue weighted by molar-refractivity contribution is 0.0718. The van der Waals surface area contributed by atoms with Gasteiger partial charge in [0.15, 0.2) is 0 Å². The highest BCUT2D eigenvalue weighted by molar-refractivity contribution is 9.10. The number of nitrogens with one attached hydrogen (secondary N) is 1. The van der Waals surface area contributed by atoms with Crippen molar-refractivity contribution >= 4 is 40.7 Å². The van der Waals surface area contributed by atoms with Crippen LogP contribution in [0.5, 0.6) is 5.75 Å². The second-order valence-electron chi connectivity index (χ2n) is 7.26. The number of rotatable bonds is 6. The van der Waals surface area contributed by atoms with Crippen LogP contribution in [0.4, 0.5) is 4.39 Å². The van der Waals surface area contributed by atoms with E-state index in [1.807, 2.05) is 18.2 Å². The average molecular weight is 492 g/mol. The van der Waals surface area contributed by atoms with E-state index in [2.05, 4.69) is 32.2 Å². The molecule has 3 aliphatic heterocycles. The third kappa shape index (κ3) is 5.61. The van der Waals surface area contributed by atoms with Gasteiger partial charge in [0.05, 0.1) is 0 Å². The molecule has 3 saturated heterocycles. The number of nitrogens with zero attached hydrogens (tertiary/aromatic N) is 1. The topological polar surface area (TPSA) is 24.5 Å². The lowest BCUT2D eigenvalue weighted by Gasteiger charge is -2.45. The molecule has 5 rings (SSSR count). The highest BCUT2D eigenvalue weighted by Gasteiger charge is 2.33. The third-order valence-electron chi connectivity index (χ3n) is 5.57. The molecule has 2 bridgehead atoms. The minimum absolute atomic E-state index is 0. The van der Waals surface area contributed by atoms with Gasteiger partial charge in [-0.1, -0.05) is 34.1 Å². The first-order valence-electron chi connectivity index (χ1n) is 9.29. The number of ether oxygens (including phenoxy) is 1. The van der Waals surface area contributed by atoms with Crippen molar-refractivity contribution in [2.45, 2.75) is 32.0 Å². The maximum absolute atomic E-state index is 13.8. The normalized spacial score (nSPS) is 22.9. The van der Waals surface area contributed by atoms with Gasteiger partial charge in [0.25, 0.3) is 0 Å². The lowest BCUT2D eigenvalue weighted by Crippen LogP contribution is -2.55. The van der Waals surface area contributed by atoms with E-state index in [4.69, 9.17) is 4.74 Å². The zero-order chi connectivity index (χ0) is 17.9. The first-order chi connectivity index (χ1) is 12.7. The molecule has 1 N–H and O–H groups in total. The number of benzene rings is 2. The van der Waals surface area contributed by atoms with Gasteiger partial charge in [0.2, 0.25) is 0 Å². The fraction of sp³-hybridized carbons (Fsp3) is 0.429. The Morgan fingerprint density at radius 1 is 1.07 bits per heavy atom. The number of fused-ring (bicyclic) bond motifs is 3. The molecule has 0 aliphatic carbocycles. The monoisotopic (exact) mass is 490 g/mol. The Morgan fingerprint density at radius 2 is 1.82 bits per heavy atom. The van der Waals surface area contributed by atoms with Crippen LogP contribution in [-0.4, -0.2) is 30.6 Å². The molecule has 2 aromatic carbocycles. The first-order valence-corrected chi connectivity index (χ1v) is 10.1. The van der Waals surface area contributed by atoms with Crippen LogP contribution >= 0.6 is 40.7 Å². The van der Waals surface area contributed by atoms with Crippen LogP contribution in [0, 0.1) is 11.7 Å². The highest BCUT2D eigenvalue weighted by Crippen LogP contribution is 2.29. The molecular weight excluding hydrogens is 466 g/mol. The SMILES string of the molecule is Cl.Cl.Fc1ccccc1COc1ccc(Br)cc1CNC1CN2CCC1CC2. The van der Waals surface area contributed by atoms with Crippen LogP contribution < -0.4 is 10.1 Å². The molecule has 0 spiro atoms. The summed E-state index contributed by atoms with van der Waals surface area (Å²) in [5, 5.41) is 3.73. The third-order valence-corrected chi connectivity index (χ3v) is 6.07. The summed E-state index contributed by atoms with van der Waals surface area (Å²) in [6.07, 6.45) is 2.60. The van der Waals surface area contributed by atoms with Gasteiger partial charge in [0.1, 0.15) is 18.2 Å². The molecule has 0 radical (unpaired) electrons. The van der Waals surface area contributed by atoms with Crippen LogP contribution in [-0.2, 0) is 13.2 Å². The molecule has 3 aliphatic rings. The second kappa shape index (κ2) is 10.8. The molecule has 3 nitrogen and oxygen atoms in total. The number of piperidine rings is 3. The number of halogens is 4. The largest absolute Gasteiger partial charge is 0.488 e. The van der Waals surface area contributed by atoms with E-state index in [-0.39, 0.29) is 37.2 Å². The van der Waals surface area contributed by atoms with Crippen molar-refractivity contribution < 1.29 is 9.13 Å². The molecule has 0 aromatic heterocycles. The number of hydrogen-bond acceptors (Lipinski definition) is 3. The van der Waals surface area contributed by atoms with Gasteiger partial charge in [-0.05, 0) is 56.1 Å². The summed E-state index contributed by atoms with van der Waals surface area (Å²) in [5.74, 6) is 1.37. The summed E-state index contributed by atoms with van der Waals surface area (Å²) >= 11 is 3.55. The van der Waals surface area contributed by atoms with Gasteiger partial charge in [-0.25, -0.2) is 4.39 Å². The fourth-order valence-corrected chi connectivity index (χ4v) is 4.44. The minimum Gasteiger partial charge on any atom is -0.488 e. The van der Waals surface area contributed by atoms with E-state index in [9.17, 15) is 4.39 Å². The molecule has 3 fully saturated rings. The summed E-state index contributed by atoms with van der Waals surface area (Å²) in [4.78, 5) is 2.55. The molecule has 28 heavy (non-hydrogen) atoms. The van der Waals surface area contributed by atoms with Crippen LogP contribution in [0.3, 0.4) is 0 Å². The van der Waals surface area contributed by atoms with E-state index in [1.165, 1.54) is 32.0 Å². The second-order valence-corrected chi connectivity index (χ2v) is 8.17. The summed E-state index contributed by atoms with van der Waals surface area (Å²) in [5.41, 5.74) is 1.68. The fourth-order valence-electron chi connectivity index (χ4n) is 4.04. The van der Waals surface area contributed by atoms with E-state index in [1.54, 1.807) is 12.1 Å². The van der Waals surface area contributed by atoms with E-state index in [0.29, 0.717) is 11.6 Å². The van der Waals surface area contributed by atoms with Crippen molar-refractivity contribution in [2.24, 2.45) is 5.92 Å². The highest BCUT2D eigenvalue weighted by atomic mass is 79.9. The molecule has 0 saturated carbocycles. The van der Waals surface area contributed by atoms with Gasteiger partial charge in [-0.2, -0.15) is 0 Å². The van der Waals surface area contributed by atoms with Crippen molar-refractivity contribution in [1.82, 2.24) is 10.2 Å². The molecule has 1 atom stereocenters. The zero-order valence-electron chi connectivity index (χ0n) is 15.6. The van der Waals surface area contributed by atoms with Gasteiger partial charge in [0, 0.05) is 34.7 Å². The molecule has 154 valence electrons. The smallest absolute Gasteiger partial charge is 0.129 e. The Labute approximate surface area is 187 Å². The van der Waals surface area contributed by atoms with Crippen molar-refractivity contribution in [3.63, 3.8) is 0 Å². The lowest BCUT2D eigenvalue weighted by atomic mass is 9.84. The van der Waals surface area contributed by atoms with Crippen molar-refractivity contribution in [1.29, 1.82) is 0 Å². The van der Waals surface area contributed by atoms with E-state index < -0.39 is 0 Å². The zero-order valence-corrected chi connectivity index (χ0v) is 18.8. The maximum Gasteiger partial charge on any atom is 0.129 e. The predicted molar refractivity (Wildman–Crippen MR) is 119 cm³/mol. The Hall–Kier alpha value is -0.850. The van der Waals surface area contributed by atoms with Gasteiger partial charge < -0.3 is 15.0 Å². The van der Waals surface area contributed by atoms with Crippen LogP contribution in [0.15, 0.2) is 46.9 Å². The van der Waals surface area contributed by atoms with Gasteiger partial charge >= 0.3 is 0 Å². The quantitative estimate of drug-likeness (QED) is 0.601. The number of hydrogen-bond donors (Lipinski definition) is 1. The Bertz CT molecular complexity index is 772. The summed E-state index contributed by atoms with van der Waals surface area (Å²) in [6.45, 7) is 4.64. The van der Waals surface area contributed by atoms with Crippen molar-refractivity contribution in [2.75, 3.05) is 19.6 Å². The molecule has 3 heterocycles. The molecule has 1 unspecified atom stereocenters. The van der Waals surface area contributed by atoms with Gasteiger partial charge in [-0.15, -0.1) is 24.8 Å². The average Bonchev–Trinajstić information content (AvgIpc) is 2.68. The van der Waals surface area contributed by atoms with Crippen LogP contribution in [0.1, 0.15) is 24.0 Å². The molecule has 0 amide bonds. The Balaban J connectivity index is 0.00000140. The van der Waals surface area contributed by atoms with Crippen LogP contribution in [0.25, 0.3) is 0 Å². The molecular formula is C21H26BrCl2FN2O. The molecule has 2 aromatic rings. The Kier molecular flexibility index (Phi) is 9.03. The van der Waals surface area contributed by atoms with Crippen molar-refractivity contribution in [3.8, 4) is 5.75 Å². The van der Waals surface area contributed by atoms with Crippen molar-refractivity contribution in [3.05, 3.63) is 63.9 Å². The summed E-state index contributed by atoms with van der Waals surface area (Å²) < 4.78 is 20.8. The summed E-state index contributed by atoms with van der Waals surface area (Å²) in [7, 11) is 0. The first kappa shape index (κ1) is 23.4. The molecule has 7 heteroatoms. The maximum atomic E-state index is 13.8. The van der Waals surface area contributed by atoms with Crippen LogP contribution in [0.2, 0.25) is 0 Å². The van der Waals surface area contributed by atoms with E-state index >= 15 is 0 Å². The van der Waals surface area contributed by atoms with E-state index in [0.717, 1.165) is 34.8 Å². The minimum atomic E-state index is -0.225. The summed E-state index contributed by atoms with van der Waals surface area (Å²) in [6, 6.07) is 13.3. The van der Waals surface area contributed by atoms with Gasteiger partial charge in [-0.3, -0.25) is 0 Å². The predicted octanol–water partition coefficient (Wildman–Crippen LogP) is 5.19. The Morgan fingerprint density at radius 3 is 2.50 bits per heavy atom.